The van der Waals surface area contributed by atoms with Crippen molar-refractivity contribution in [2.24, 2.45) is 7.05 Å². The summed E-state index contributed by atoms with van der Waals surface area (Å²) in [6.07, 6.45) is 2.10. The molecular weight excluding hydrogens is 226 g/mol. The van der Waals surface area contributed by atoms with Crippen LogP contribution in [0.25, 0.3) is 0 Å². The normalized spacial score (nSPS) is 11.9. The Bertz CT molecular complexity index is 403. The minimum Gasteiger partial charge on any atom is -0.480 e. The zero-order valence-electron chi connectivity index (χ0n) is 9.67. The molecule has 0 radical (unpaired) electrons. The molecule has 1 aromatic rings. The number of carbonyl (C=O) groups excluding carboxylic acids is 1. The molecule has 0 aliphatic rings. The van der Waals surface area contributed by atoms with E-state index in [9.17, 15) is 9.59 Å². The van der Waals surface area contributed by atoms with E-state index in [1.165, 1.54) is 6.92 Å². The van der Waals surface area contributed by atoms with Gasteiger partial charge in [-0.15, -0.1) is 10.2 Å². The Morgan fingerprint density at radius 2 is 2.29 bits per heavy atom. The molecule has 8 heteroatoms. The maximum Gasteiger partial charge on any atom is 0.325 e. The monoisotopic (exact) mass is 241 g/mol. The molecule has 1 atom stereocenters. The van der Waals surface area contributed by atoms with Gasteiger partial charge in [0.1, 0.15) is 18.2 Å². The van der Waals surface area contributed by atoms with Crippen LogP contribution in [0, 0.1) is 0 Å². The lowest BCUT2D eigenvalue weighted by atomic mass is 10.3. The standard InChI is InChI=1S/C9H15N5O3/c1-6(8(15)16)12-9(17)10-4-3-7-13-11-5-14(7)2/h5-6H,3-4H2,1-2H3,(H,15,16)(H2,10,12,17)/t6-/m1/s1. The van der Waals surface area contributed by atoms with Crippen molar-refractivity contribution in [3.8, 4) is 0 Å². The molecule has 0 fully saturated rings. The van der Waals surface area contributed by atoms with Crippen molar-refractivity contribution >= 4 is 12.0 Å². The fraction of sp³-hybridized carbons (Fsp3) is 0.556. The molecule has 1 aromatic heterocycles. The molecule has 0 saturated heterocycles. The highest BCUT2D eigenvalue weighted by molar-refractivity contribution is 5.82. The van der Waals surface area contributed by atoms with Gasteiger partial charge in [-0.2, -0.15) is 0 Å². The molecule has 0 aliphatic carbocycles. The Kier molecular flexibility index (Phi) is 4.44. The Morgan fingerprint density at radius 1 is 1.59 bits per heavy atom. The molecule has 0 bridgehead atoms. The van der Waals surface area contributed by atoms with Gasteiger partial charge in [-0.25, -0.2) is 4.79 Å². The number of rotatable bonds is 5. The summed E-state index contributed by atoms with van der Waals surface area (Å²) in [5.74, 6) is -0.329. The van der Waals surface area contributed by atoms with Crippen molar-refractivity contribution in [3.05, 3.63) is 12.2 Å². The van der Waals surface area contributed by atoms with Gasteiger partial charge in [-0.05, 0) is 6.92 Å². The minimum atomic E-state index is -1.08. The Labute approximate surface area is 98.0 Å². The molecule has 94 valence electrons. The Balaban J connectivity index is 2.25. The quantitative estimate of drug-likeness (QED) is 0.621. The molecule has 1 heterocycles. The van der Waals surface area contributed by atoms with Crippen molar-refractivity contribution in [2.45, 2.75) is 19.4 Å². The molecular formula is C9H15N5O3. The van der Waals surface area contributed by atoms with E-state index >= 15 is 0 Å². The van der Waals surface area contributed by atoms with Crippen LogP contribution in [-0.2, 0) is 18.3 Å². The SMILES string of the molecule is C[C@@H](NC(=O)NCCc1nncn1C)C(=O)O. The first-order valence-electron chi connectivity index (χ1n) is 5.10. The third-order valence-corrected chi connectivity index (χ3v) is 2.16. The maximum atomic E-state index is 11.2. The Hall–Kier alpha value is -2.12. The number of aryl methyl sites for hydroxylation is 1. The van der Waals surface area contributed by atoms with Crippen LogP contribution >= 0.6 is 0 Å². The maximum absolute atomic E-state index is 11.2. The van der Waals surface area contributed by atoms with Crippen molar-refractivity contribution in [2.75, 3.05) is 6.54 Å². The number of hydrogen-bond donors (Lipinski definition) is 3. The lowest BCUT2D eigenvalue weighted by molar-refractivity contribution is -0.138. The van der Waals surface area contributed by atoms with Gasteiger partial charge in [-0.3, -0.25) is 4.79 Å². The van der Waals surface area contributed by atoms with Gasteiger partial charge in [0.25, 0.3) is 0 Å². The number of amides is 2. The number of carboxylic acids is 1. The second-order valence-electron chi connectivity index (χ2n) is 3.57. The summed E-state index contributed by atoms with van der Waals surface area (Å²) >= 11 is 0. The molecule has 0 aromatic carbocycles. The lowest BCUT2D eigenvalue weighted by Gasteiger charge is -2.10. The average molecular weight is 241 g/mol. The fourth-order valence-electron chi connectivity index (χ4n) is 1.13. The van der Waals surface area contributed by atoms with Gasteiger partial charge in [0.05, 0.1) is 0 Å². The minimum absolute atomic E-state index is 0.366. The van der Waals surface area contributed by atoms with Gasteiger partial charge in [0.2, 0.25) is 0 Å². The van der Waals surface area contributed by atoms with Crippen molar-refractivity contribution < 1.29 is 14.7 Å². The van der Waals surface area contributed by atoms with Gasteiger partial charge in [-0.1, -0.05) is 0 Å². The fourth-order valence-corrected chi connectivity index (χ4v) is 1.13. The summed E-state index contributed by atoms with van der Waals surface area (Å²) in [6.45, 7) is 1.76. The summed E-state index contributed by atoms with van der Waals surface area (Å²) in [6, 6.07) is -1.42. The molecule has 0 spiro atoms. The summed E-state index contributed by atoms with van der Waals surface area (Å²) in [7, 11) is 1.81. The Morgan fingerprint density at radius 3 is 2.82 bits per heavy atom. The molecule has 2 amide bonds. The lowest BCUT2D eigenvalue weighted by Crippen LogP contribution is -2.44. The van der Waals surface area contributed by atoms with Crippen molar-refractivity contribution in [1.82, 2.24) is 25.4 Å². The van der Waals surface area contributed by atoms with Gasteiger partial charge in [0.15, 0.2) is 0 Å². The smallest absolute Gasteiger partial charge is 0.325 e. The summed E-state index contributed by atoms with van der Waals surface area (Å²) in [5.41, 5.74) is 0. The van der Waals surface area contributed by atoms with Crippen molar-refractivity contribution in [3.63, 3.8) is 0 Å². The predicted octanol–water partition coefficient (Wildman–Crippen LogP) is -0.870. The number of carboxylic acid groups (broad SMARTS) is 1. The van der Waals surface area contributed by atoms with E-state index in [1.807, 2.05) is 7.05 Å². The summed E-state index contributed by atoms with van der Waals surface area (Å²) < 4.78 is 1.75. The summed E-state index contributed by atoms with van der Waals surface area (Å²) in [4.78, 5) is 21.7. The van der Waals surface area contributed by atoms with Crippen LogP contribution in [0.2, 0.25) is 0 Å². The van der Waals surface area contributed by atoms with Crippen LogP contribution in [0.1, 0.15) is 12.7 Å². The van der Waals surface area contributed by atoms with E-state index in [0.717, 1.165) is 5.82 Å². The summed E-state index contributed by atoms with van der Waals surface area (Å²) in [5, 5.41) is 20.9. The zero-order chi connectivity index (χ0) is 12.8. The van der Waals surface area contributed by atoms with E-state index < -0.39 is 18.0 Å². The topological polar surface area (TPSA) is 109 Å². The first-order chi connectivity index (χ1) is 8.00. The van der Waals surface area contributed by atoms with Crippen LogP contribution in [0.5, 0.6) is 0 Å². The van der Waals surface area contributed by atoms with Crippen molar-refractivity contribution in [1.29, 1.82) is 0 Å². The molecule has 8 nitrogen and oxygen atoms in total. The number of carbonyl (C=O) groups is 2. The number of hydrogen-bond acceptors (Lipinski definition) is 4. The number of aliphatic carboxylic acids is 1. The van der Waals surface area contributed by atoms with E-state index in [2.05, 4.69) is 20.8 Å². The second-order valence-corrected chi connectivity index (χ2v) is 3.57. The molecule has 0 aliphatic heterocycles. The van der Waals surface area contributed by atoms with E-state index in [0.29, 0.717) is 13.0 Å². The van der Waals surface area contributed by atoms with Crippen LogP contribution in [0.4, 0.5) is 4.79 Å². The van der Waals surface area contributed by atoms with Gasteiger partial charge < -0.3 is 20.3 Å². The molecule has 1 rings (SSSR count). The molecule has 17 heavy (non-hydrogen) atoms. The highest BCUT2D eigenvalue weighted by Crippen LogP contribution is 1.91. The average Bonchev–Trinajstić information content (AvgIpc) is 2.64. The number of aromatic nitrogens is 3. The third-order valence-electron chi connectivity index (χ3n) is 2.16. The molecule has 0 unspecified atom stereocenters. The number of nitrogens with zero attached hydrogens (tertiary/aromatic N) is 3. The van der Waals surface area contributed by atoms with Gasteiger partial charge >= 0.3 is 12.0 Å². The van der Waals surface area contributed by atoms with Crippen LogP contribution in [-0.4, -0.2) is 44.5 Å². The number of nitrogens with one attached hydrogen (secondary N) is 2. The first kappa shape index (κ1) is 12.9. The highest BCUT2D eigenvalue weighted by Gasteiger charge is 2.13. The molecule has 3 N–H and O–H groups in total. The zero-order valence-corrected chi connectivity index (χ0v) is 9.67. The van der Waals surface area contributed by atoms with Gasteiger partial charge in [0, 0.05) is 20.0 Å². The van der Waals surface area contributed by atoms with Crippen LogP contribution < -0.4 is 10.6 Å². The van der Waals surface area contributed by atoms with E-state index in [1.54, 1.807) is 10.9 Å². The molecule has 0 saturated carbocycles. The van der Waals surface area contributed by atoms with Crippen LogP contribution in [0.3, 0.4) is 0 Å². The largest absolute Gasteiger partial charge is 0.480 e. The van der Waals surface area contributed by atoms with E-state index in [-0.39, 0.29) is 0 Å². The highest BCUT2D eigenvalue weighted by atomic mass is 16.4. The second kappa shape index (κ2) is 5.83. The van der Waals surface area contributed by atoms with E-state index in [4.69, 9.17) is 5.11 Å². The third kappa shape index (κ3) is 4.09. The first-order valence-corrected chi connectivity index (χ1v) is 5.10. The number of urea groups is 1. The predicted molar refractivity (Wildman–Crippen MR) is 58.3 cm³/mol. The van der Waals surface area contributed by atoms with Crippen LogP contribution in [0.15, 0.2) is 6.33 Å².